The highest BCUT2D eigenvalue weighted by Gasteiger charge is 2.26. The molecule has 2 aliphatic rings. The zero-order chi connectivity index (χ0) is 19.3. The number of ether oxygens (including phenoxy) is 2. The molecule has 0 spiro atoms. The molecule has 0 bridgehead atoms. The fraction of sp³-hybridized carbons (Fsp3) is 0.444. The minimum Gasteiger partial charge on any atom is -0.452 e. The normalized spacial score (nSPS) is 18.4. The lowest BCUT2D eigenvalue weighted by molar-refractivity contribution is -0.143. The van der Waals surface area contributed by atoms with Gasteiger partial charge >= 0.3 is 5.97 Å². The molecule has 0 aromatic heterocycles. The summed E-state index contributed by atoms with van der Waals surface area (Å²) in [5.74, 6) is -0.942. The van der Waals surface area contributed by atoms with Crippen LogP contribution in [0.4, 0.5) is 0 Å². The summed E-state index contributed by atoms with van der Waals surface area (Å²) in [6.45, 7) is 1.15. The lowest BCUT2D eigenvalue weighted by atomic mass is 10.2. The smallest absolute Gasteiger partial charge is 0.331 e. The monoisotopic (exact) mass is 394 g/mol. The van der Waals surface area contributed by atoms with E-state index in [0.29, 0.717) is 31.9 Å². The molecule has 9 heteroatoms. The van der Waals surface area contributed by atoms with Crippen molar-refractivity contribution in [2.75, 3.05) is 32.9 Å². The van der Waals surface area contributed by atoms with Crippen LogP contribution in [0.2, 0.25) is 0 Å². The van der Waals surface area contributed by atoms with Gasteiger partial charge in [-0.05, 0) is 36.6 Å². The standard InChI is InChI=1S/C18H22N2O6S/c21-17(19-15-4-5-15)13-26-18(22)8-3-14-1-6-16(7-2-14)27(23,24)20-9-11-25-12-10-20/h1-3,6-8,15H,4-5,9-13H2,(H,19,21)/b8-3+. The zero-order valence-corrected chi connectivity index (χ0v) is 15.6. The lowest BCUT2D eigenvalue weighted by Crippen LogP contribution is -2.40. The highest BCUT2D eigenvalue weighted by molar-refractivity contribution is 7.89. The third-order valence-corrected chi connectivity index (χ3v) is 6.10. The first-order chi connectivity index (χ1) is 12.9. The fourth-order valence-corrected chi connectivity index (χ4v) is 3.94. The summed E-state index contributed by atoms with van der Waals surface area (Å²) in [7, 11) is -3.54. The Balaban J connectivity index is 1.52. The van der Waals surface area contributed by atoms with Gasteiger partial charge in [0, 0.05) is 25.2 Å². The third kappa shape index (κ3) is 5.62. The summed E-state index contributed by atoms with van der Waals surface area (Å²) in [4.78, 5) is 23.3. The van der Waals surface area contributed by atoms with Crippen molar-refractivity contribution in [2.24, 2.45) is 0 Å². The lowest BCUT2D eigenvalue weighted by Gasteiger charge is -2.26. The number of nitrogens with zero attached hydrogens (tertiary/aromatic N) is 1. The van der Waals surface area contributed by atoms with Gasteiger partial charge in [0.25, 0.3) is 5.91 Å². The number of esters is 1. The van der Waals surface area contributed by atoms with E-state index in [0.717, 1.165) is 12.8 Å². The Morgan fingerprint density at radius 3 is 2.48 bits per heavy atom. The molecule has 1 N–H and O–H groups in total. The number of amides is 1. The van der Waals surface area contributed by atoms with Crippen LogP contribution >= 0.6 is 0 Å². The van der Waals surface area contributed by atoms with Crippen molar-refractivity contribution < 1.29 is 27.5 Å². The number of benzene rings is 1. The first-order valence-electron chi connectivity index (χ1n) is 8.77. The Bertz CT molecular complexity index is 809. The highest BCUT2D eigenvalue weighted by Crippen LogP contribution is 2.19. The number of rotatable bonds is 7. The maximum absolute atomic E-state index is 12.5. The number of carbonyl (C=O) groups is 2. The van der Waals surface area contributed by atoms with Crippen LogP contribution in [0.3, 0.4) is 0 Å². The van der Waals surface area contributed by atoms with Crippen LogP contribution in [0, 0.1) is 0 Å². The van der Waals surface area contributed by atoms with Crippen molar-refractivity contribution in [2.45, 2.75) is 23.8 Å². The van der Waals surface area contributed by atoms with E-state index < -0.39 is 16.0 Å². The Morgan fingerprint density at radius 1 is 1.19 bits per heavy atom. The second-order valence-electron chi connectivity index (χ2n) is 6.37. The van der Waals surface area contributed by atoms with Gasteiger partial charge in [-0.3, -0.25) is 4.79 Å². The van der Waals surface area contributed by atoms with Crippen LogP contribution in [0.5, 0.6) is 0 Å². The topological polar surface area (TPSA) is 102 Å². The maximum Gasteiger partial charge on any atom is 0.331 e. The van der Waals surface area contributed by atoms with E-state index in [4.69, 9.17) is 9.47 Å². The molecule has 1 heterocycles. The molecule has 1 aromatic rings. The van der Waals surface area contributed by atoms with Crippen molar-refractivity contribution in [1.82, 2.24) is 9.62 Å². The minimum absolute atomic E-state index is 0.195. The fourth-order valence-electron chi connectivity index (χ4n) is 2.53. The van der Waals surface area contributed by atoms with Crippen LogP contribution in [0.25, 0.3) is 6.08 Å². The maximum atomic E-state index is 12.5. The van der Waals surface area contributed by atoms with Crippen LogP contribution < -0.4 is 5.32 Å². The summed E-state index contributed by atoms with van der Waals surface area (Å²) in [6, 6.07) is 6.44. The Morgan fingerprint density at radius 2 is 1.85 bits per heavy atom. The quantitative estimate of drug-likeness (QED) is 0.535. The number of nitrogens with one attached hydrogen (secondary N) is 1. The molecule has 0 atom stereocenters. The molecular formula is C18H22N2O6S. The second-order valence-corrected chi connectivity index (χ2v) is 8.31. The number of sulfonamides is 1. The Kier molecular flexibility index (Phi) is 6.25. The molecule has 146 valence electrons. The number of hydrogen-bond acceptors (Lipinski definition) is 6. The van der Waals surface area contributed by atoms with Crippen molar-refractivity contribution in [1.29, 1.82) is 0 Å². The van der Waals surface area contributed by atoms with E-state index >= 15 is 0 Å². The van der Waals surface area contributed by atoms with Gasteiger partial charge in [0.2, 0.25) is 10.0 Å². The first-order valence-corrected chi connectivity index (χ1v) is 10.2. The summed E-state index contributed by atoms with van der Waals surface area (Å²) in [5.41, 5.74) is 0.648. The molecule has 8 nitrogen and oxygen atoms in total. The van der Waals surface area contributed by atoms with Gasteiger partial charge in [-0.25, -0.2) is 13.2 Å². The van der Waals surface area contributed by atoms with E-state index in [9.17, 15) is 18.0 Å². The van der Waals surface area contributed by atoms with E-state index in [1.165, 1.54) is 28.6 Å². The molecule has 1 saturated heterocycles. The Labute approximate surface area is 158 Å². The van der Waals surface area contributed by atoms with E-state index in [1.54, 1.807) is 12.1 Å². The number of morpholine rings is 1. The van der Waals surface area contributed by atoms with Gasteiger partial charge < -0.3 is 14.8 Å². The number of hydrogen-bond donors (Lipinski definition) is 1. The molecule has 1 aliphatic heterocycles. The molecule has 0 radical (unpaired) electrons. The summed E-state index contributed by atoms with van der Waals surface area (Å²) >= 11 is 0. The van der Waals surface area contributed by atoms with Crippen molar-refractivity contribution in [3.05, 3.63) is 35.9 Å². The number of carbonyl (C=O) groups excluding carboxylic acids is 2. The average Bonchev–Trinajstić information content (AvgIpc) is 3.49. The van der Waals surface area contributed by atoms with Crippen molar-refractivity contribution >= 4 is 28.0 Å². The highest BCUT2D eigenvalue weighted by atomic mass is 32.2. The van der Waals surface area contributed by atoms with Gasteiger partial charge in [-0.1, -0.05) is 12.1 Å². The molecule has 3 rings (SSSR count). The minimum atomic E-state index is -3.54. The van der Waals surface area contributed by atoms with Crippen molar-refractivity contribution in [3.63, 3.8) is 0 Å². The average molecular weight is 394 g/mol. The Hall–Kier alpha value is -2.23. The van der Waals surface area contributed by atoms with Gasteiger partial charge in [-0.15, -0.1) is 0 Å². The molecule has 1 saturated carbocycles. The largest absolute Gasteiger partial charge is 0.452 e. The van der Waals surface area contributed by atoms with Gasteiger partial charge in [0.1, 0.15) is 0 Å². The van der Waals surface area contributed by atoms with Crippen LogP contribution in [0.1, 0.15) is 18.4 Å². The van der Waals surface area contributed by atoms with Gasteiger partial charge in [0.05, 0.1) is 18.1 Å². The molecular weight excluding hydrogens is 372 g/mol. The SMILES string of the molecule is O=C(COC(=O)/C=C/c1ccc(S(=O)(=O)N2CCOCC2)cc1)NC1CC1. The molecule has 27 heavy (non-hydrogen) atoms. The first kappa shape index (κ1) is 19.5. The zero-order valence-electron chi connectivity index (χ0n) is 14.8. The summed E-state index contributed by atoms with van der Waals surface area (Å²) in [5, 5.41) is 2.72. The molecule has 2 fully saturated rings. The van der Waals surface area contributed by atoms with Gasteiger partial charge in [0.15, 0.2) is 6.61 Å². The predicted octanol–water partition coefficient (Wildman–Crippen LogP) is 0.542. The molecule has 1 aromatic carbocycles. The van der Waals surface area contributed by atoms with Crippen LogP contribution in [-0.4, -0.2) is 63.6 Å². The molecule has 1 amide bonds. The second kappa shape index (κ2) is 8.64. The molecule has 1 aliphatic carbocycles. The van der Waals surface area contributed by atoms with E-state index in [1.807, 2.05) is 0 Å². The van der Waals surface area contributed by atoms with Gasteiger partial charge in [-0.2, -0.15) is 4.31 Å². The summed E-state index contributed by atoms with van der Waals surface area (Å²) in [6.07, 6.45) is 4.65. The third-order valence-electron chi connectivity index (χ3n) is 4.19. The van der Waals surface area contributed by atoms with Crippen molar-refractivity contribution in [3.8, 4) is 0 Å². The van der Waals surface area contributed by atoms with Crippen LogP contribution in [0.15, 0.2) is 35.2 Å². The van der Waals surface area contributed by atoms with E-state index in [2.05, 4.69) is 5.32 Å². The molecule has 0 unspecified atom stereocenters. The summed E-state index contributed by atoms with van der Waals surface area (Å²) < 4.78 is 36.5. The predicted molar refractivity (Wildman–Crippen MR) is 97.2 cm³/mol. The van der Waals surface area contributed by atoms with E-state index in [-0.39, 0.29) is 23.5 Å². The van der Waals surface area contributed by atoms with Crippen LogP contribution in [-0.2, 0) is 29.1 Å².